The maximum Gasteiger partial charge on any atom is 0.341 e. The molecule has 0 radical (unpaired) electrons. The Hall–Kier alpha value is -2.67. The molecule has 6 nitrogen and oxygen atoms in total. The smallest absolute Gasteiger partial charge is 0.341 e. The molecule has 26 heavy (non-hydrogen) atoms. The normalized spacial score (nSPS) is 10.3. The van der Waals surface area contributed by atoms with Crippen LogP contribution in [-0.4, -0.2) is 32.1 Å². The van der Waals surface area contributed by atoms with Crippen LogP contribution in [0.4, 0.5) is 5.00 Å². The first-order valence-electron chi connectivity index (χ1n) is 8.07. The summed E-state index contributed by atoms with van der Waals surface area (Å²) in [5.41, 5.74) is 2.25. The van der Waals surface area contributed by atoms with Crippen molar-refractivity contribution in [2.75, 3.05) is 19.5 Å². The van der Waals surface area contributed by atoms with Gasteiger partial charge in [-0.05, 0) is 18.1 Å². The third-order valence-electron chi connectivity index (χ3n) is 3.88. The van der Waals surface area contributed by atoms with Gasteiger partial charge in [-0.1, -0.05) is 30.3 Å². The minimum Gasteiger partial charge on any atom is -0.469 e. The van der Waals surface area contributed by atoms with Crippen LogP contribution in [0.5, 0.6) is 0 Å². The highest BCUT2D eigenvalue weighted by Crippen LogP contribution is 2.35. The SMILES string of the molecule is COC(=O)CCC(=O)Nc1sc(Cc2ccccc2)c(C)c1C(=O)OC. The third kappa shape index (κ3) is 4.92. The van der Waals surface area contributed by atoms with Crippen molar-refractivity contribution in [1.82, 2.24) is 0 Å². The summed E-state index contributed by atoms with van der Waals surface area (Å²) in [5.74, 6) is -1.31. The Bertz CT molecular complexity index is 798. The van der Waals surface area contributed by atoms with Gasteiger partial charge in [-0.3, -0.25) is 9.59 Å². The van der Waals surface area contributed by atoms with Gasteiger partial charge in [0.05, 0.1) is 26.2 Å². The van der Waals surface area contributed by atoms with Crippen LogP contribution in [0.2, 0.25) is 0 Å². The number of thiophene rings is 1. The van der Waals surface area contributed by atoms with E-state index in [0.717, 1.165) is 16.0 Å². The zero-order valence-electron chi connectivity index (χ0n) is 15.0. The first-order valence-corrected chi connectivity index (χ1v) is 8.89. The number of hydrogen-bond donors (Lipinski definition) is 1. The van der Waals surface area contributed by atoms with E-state index in [4.69, 9.17) is 4.74 Å². The Morgan fingerprint density at radius 2 is 1.73 bits per heavy atom. The third-order valence-corrected chi connectivity index (χ3v) is 5.09. The summed E-state index contributed by atoms with van der Waals surface area (Å²) >= 11 is 1.34. The summed E-state index contributed by atoms with van der Waals surface area (Å²) in [6, 6.07) is 9.86. The van der Waals surface area contributed by atoms with E-state index in [2.05, 4.69) is 10.1 Å². The highest BCUT2D eigenvalue weighted by atomic mass is 32.1. The lowest BCUT2D eigenvalue weighted by Crippen LogP contribution is -2.15. The van der Waals surface area contributed by atoms with Crippen LogP contribution >= 0.6 is 11.3 Å². The summed E-state index contributed by atoms with van der Waals surface area (Å²) < 4.78 is 9.39. The molecule has 0 spiro atoms. The van der Waals surface area contributed by atoms with E-state index >= 15 is 0 Å². The van der Waals surface area contributed by atoms with E-state index in [-0.39, 0.29) is 18.7 Å². The molecule has 1 heterocycles. The topological polar surface area (TPSA) is 81.7 Å². The largest absolute Gasteiger partial charge is 0.469 e. The molecule has 7 heteroatoms. The van der Waals surface area contributed by atoms with Gasteiger partial charge in [-0.25, -0.2) is 4.79 Å². The maximum atomic E-state index is 12.2. The fraction of sp³-hybridized carbons (Fsp3) is 0.316. The summed E-state index contributed by atoms with van der Waals surface area (Å²) in [5, 5.41) is 3.16. The highest BCUT2D eigenvalue weighted by Gasteiger charge is 2.23. The quantitative estimate of drug-likeness (QED) is 0.751. The molecule has 0 atom stereocenters. The van der Waals surface area contributed by atoms with Crippen molar-refractivity contribution < 1.29 is 23.9 Å². The predicted octanol–water partition coefficient (Wildman–Crippen LogP) is 3.33. The molecule has 0 aliphatic carbocycles. The Balaban J connectivity index is 2.23. The molecule has 1 aromatic carbocycles. The van der Waals surface area contributed by atoms with Crippen molar-refractivity contribution >= 4 is 34.2 Å². The van der Waals surface area contributed by atoms with E-state index in [9.17, 15) is 14.4 Å². The van der Waals surface area contributed by atoms with Crippen LogP contribution in [0.25, 0.3) is 0 Å². The second-order valence-corrected chi connectivity index (χ2v) is 6.74. The zero-order valence-corrected chi connectivity index (χ0v) is 15.8. The molecule has 2 rings (SSSR count). The molecule has 0 bridgehead atoms. The number of hydrogen-bond acceptors (Lipinski definition) is 6. The molecule has 0 aliphatic rings. The minimum atomic E-state index is -0.499. The number of nitrogens with one attached hydrogen (secondary N) is 1. The lowest BCUT2D eigenvalue weighted by Gasteiger charge is -2.05. The summed E-state index contributed by atoms with van der Waals surface area (Å²) in [7, 11) is 2.58. The van der Waals surface area contributed by atoms with E-state index in [0.29, 0.717) is 17.0 Å². The van der Waals surface area contributed by atoms with Crippen LogP contribution < -0.4 is 5.32 Å². The Labute approximate surface area is 156 Å². The molecule has 1 N–H and O–H groups in total. The van der Waals surface area contributed by atoms with Gasteiger partial charge in [-0.15, -0.1) is 11.3 Å². The van der Waals surface area contributed by atoms with Crippen molar-refractivity contribution in [1.29, 1.82) is 0 Å². The lowest BCUT2D eigenvalue weighted by molar-refractivity contribution is -0.141. The number of amides is 1. The van der Waals surface area contributed by atoms with Crippen LogP contribution in [0.3, 0.4) is 0 Å². The Morgan fingerprint density at radius 1 is 1.04 bits per heavy atom. The van der Waals surface area contributed by atoms with Gasteiger partial charge >= 0.3 is 11.9 Å². The van der Waals surface area contributed by atoms with Gasteiger partial charge in [0.1, 0.15) is 5.00 Å². The van der Waals surface area contributed by atoms with Crippen LogP contribution in [0, 0.1) is 6.92 Å². The van der Waals surface area contributed by atoms with Gasteiger partial charge in [0.15, 0.2) is 0 Å². The van der Waals surface area contributed by atoms with E-state index in [1.807, 2.05) is 37.3 Å². The second kappa shape index (κ2) is 9.15. The number of rotatable bonds is 7. The van der Waals surface area contributed by atoms with E-state index in [1.54, 1.807) is 0 Å². The molecular weight excluding hydrogens is 354 g/mol. The van der Waals surface area contributed by atoms with Gasteiger partial charge in [-0.2, -0.15) is 0 Å². The van der Waals surface area contributed by atoms with Crippen molar-refractivity contribution in [3.05, 3.63) is 51.9 Å². The first-order chi connectivity index (χ1) is 12.5. The number of esters is 2. The molecule has 1 amide bonds. The number of benzene rings is 1. The molecule has 2 aromatic rings. The molecule has 0 saturated heterocycles. The number of methoxy groups -OCH3 is 2. The predicted molar refractivity (Wildman–Crippen MR) is 99.5 cm³/mol. The average molecular weight is 375 g/mol. The summed E-state index contributed by atoms with van der Waals surface area (Å²) in [6.07, 6.45) is 0.620. The molecule has 0 aliphatic heterocycles. The molecule has 138 valence electrons. The minimum absolute atomic E-state index is 0.0156. The maximum absolute atomic E-state index is 12.2. The fourth-order valence-electron chi connectivity index (χ4n) is 2.45. The molecule has 0 fully saturated rings. The number of carbonyl (C=O) groups excluding carboxylic acids is 3. The lowest BCUT2D eigenvalue weighted by atomic mass is 10.1. The first kappa shape index (κ1) is 19.7. The van der Waals surface area contributed by atoms with Crippen molar-refractivity contribution in [2.24, 2.45) is 0 Å². The highest BCUT2D eigenvalue weighted by molar-refractivity contribution is 7.17. The van der Waals surface area contributed by atoms with Crippen LogP contribution in [-0.2, 0) is 25.5 Å². The fourth-order valence-corrected chi connectivity index (χ4v) is 3.70. The van der Waals surface area contributed by atoms with E-state index < -0.39 is 11.9 Å². The standard InChI is InChI=1S/C19H21NO5S/c1-12-14(11-13-7-5-4-6-8-13)26-18(17(12)19(23)25-3)20-15(21)9-10-16(22)24-2/h4-8H,9-11H2,1-3H3,(H,20,21). The van der Waals surface area contributed by atoms with Crippen molar-refractivity contribution in [3.63, 3.8) is 0 Å². The van der Waals surface area contributed by atoms with Crippen molar-refractivity contribution in [2.45, 2.75) is 26.2 Å². The monoisotopic (exact) mass is 375 g/mol. The number of ether oxygens (including phenoxy) is 2. The van der Waals surface area contributed by atoms with Crippen LogP contribution in [0.1, 0.15) is 39.2 Å². The Kier molecular flexibility index (Phi) is 6.91. The molecular formula is C19H21NO5S. The molecule has 0 saturated carbocycles. The molecule has 1 aromatic heterocycles. The van der Waals surface area contributed by atoms with Crippen molar-refractivity contribution in [3.8, 4) is 0 Å². The zero-order chi connectivity index (χ0) is 19.1. The average Bonchev–Trinajstić information content (AvgIpc) is 2.94. The van der Waals surface area contributed by atoms with Gasteiger partial charge in [0, 0.05) is 17.7 Å². The van der Waals surface area contributed by atoms with E-state index in [1.165, 1.54) is 25.6 Å². The van der Waals surface area contributed by atoms with Gasteiger partial charge in [0.25, 0.3) is 0 Å². The second-order valence-electron chi connectivity index (χ2n) is 5.63. The number of anilines is 1. The van der Waals surface area contributed by atoms with Gasteiger partial charge < -0.3 is 14.8 Å². The molecule has 0 unspecified atom stereocenters. The Morgan fingerprint density at radius 3 is 2.35 bits per heavy atom. The van der Waals surface area contributed by atoms with Crippen LogP contribution in [0.15, 0.2) is 30.3 Å². The summed E-state index contributed by atoms with van der Waals surface area (Å²) in [6.45, 7) is 1.84. The van der Waals surface area contributed by atoms with Gasteiger partial charge in [0.2, 0.25) is 5.91 Å². The summed E-state index contributed by atoms with van der Waals surface area (Å²) in [4.78, 5) is 36.4. The number of carbonyl (C=O) groups is 3.